The van der Waals surface area contributed by atoms with Crippen LogP contribution in [0.5, 0.6) is 0 Å². The summed E-state index contributed by atoms with van der Waals surface area (Å²) >= 11 is 0. The van der Waals surface area contributed by atoms with Crippen LogP contribution in [-0.2, 0) is 9.59 Å². The summed E-state index contributed by atoms with van der Waals surface area (Å²) in [6.45, 7) is 2.06. The number of hydrogen-bond acceptors (Lipinski definition) is 4. The molecule has 2 saturated heterocycles. The van der Waals surface area contributed by atoms with Gasteiger partial charge in [-0.25, -0.2) is 0 Å². The van der Waals surface area contributed by atoms with Crippen LogP contribution in [0.25, 0.3) is 0 Å². The third-order valence-electron chi connectivity index (χ3n) is 7.28. The predicted molar refractivity (Wildman–Crippen MR) is 108 cm³/mol. The highest BCUT2D eigenvalue weighted by Gasteiger charge is 2.55. The fraction of sp³-hybridized carbons (Fsp3) is 0.667. The van der Waals surface area contributed by atoms with Gasteiger partial charge in [-0.1, -0.05) is 12.8 Å². The minimum absolute atomic E-state index is 0.0716. The first kappa shape index (κ1) is 19.9. The molecule has 3 amide bonds. The molecule has 1 aromatic heterocycles. The Kier molecular flexibility index (Phi) is 5.14. The first-order valence-corrected chi connectivity index (χ1v) is 10.6. The van der Waals surface area contributed by atoms with E-state index < -0.39 is 16.9 Å². The van der Waals surface area contributed by atoms with E-state index in [1.54, 1.807) is 18.3 Å². The van der Waals surface area contributed by atoms with Crippen LogP contribution in [0.1, 0.15) is 55.4 Å². The topological polar surface area (TPSA) is 112 Å². The van der Waals surface area contributed by atoms with E-state index in [9.17, 15) is 14.4 Å². The number of aromatic nitrogens is 1. The number of aromatic amines is 1. The number of nitrogens with one attached hydrogen (secondary N) is 2. The molecule has 1 aliphatic carbocycles. The van der Waals surface area contributed by atoms with Gasteiger partial charge in [0, 0.05) is 19.3 Å². The van der Waals surface area contributed by atoms with Gasteiger partial charge in [0.25, 0.3) is 5.91 Å². The van der Waals surface area contributed by atoms with Gasteiger partial charge in [0.2, 0.25) is 11.8 Å². The molecular weight excluding hydrogens is 370 g/mol. The Balaban J connectivity index is 1.64. The highest BCUT2D eigenvalue weighted by molar-refractivity contribution is 5.96. The predicted octanol–water partition coefficient (Wildman–Crippen LogP) is 0.856. The Morgan fingerprint density at radius 3 is 2.55 bits per heavy atom. The van der Waals surface area contributed by atoms with Crippen LogP contribution in [-0.4, -0.2) is 70.8 Å². The molecule has 0 bridgehead atoms. The van der Waals surface area contributed by atoms with Crippen molar-refractivity contribution >= 4 is 17.7 Å². The van der Waals surface area contributed by atoms with E-state index in [2.05, 4.69) is 15.2 Å². The molecule has 8 nitrogen and oxygen atoms in total. The summed E-state index contributed by atoms with van der Waals surface area (Å²) in [5.74, 6) is -0.628. The van der Waals surface area contributed by atoms with Crippen molar-refractivity contribution in [3.63, 3.8) is 0 Å². The van der Waals surface area contributed by atoms with Crippen molar-refractivity contribution in [2.24, 2.45) is 11.1 Å². The number of primary amides is 1. The highest BCUT2D eigenvalue weighted by Crippen LogP contribution is 2.44. The van der Waals surface area contributed by atoms with Crippen LogP contribution in [0.2, 0.25) is 0 Å². The lowest BCUT2D eigenvalue weighted by Gasteiger charge is -2.54. The molecule has 4 N–H and O–H groups in total. The van der Waals surface area contributed by atoms with E-state index in [-0.39, 0.29) is 17.9 Å². The first-order chi connectivity index (χ1) is 13.9. The lowest BCUT2D eigenvalue weighted by Crippen LogP contribution is -2.69. The third-order valence-corrected chi connectivity index (χ3v) is 7.28. The molecule has 0 spiro atoms. The normalized spacial score (nSPS) is 29.3. The van der Waals surface area contributed by atoms with Crippen LogP contribution >= 0.6 is 0 Å². The van der Waals surface area contributed by atoms with Crippen LogP contribution in [0.4, 0.5) is 0 Å². The fourth-order valence-electron chi connectivity index (χ4n) is 5.52. The quantitative estimate of drug-likeness (QED) is 0.695. The average Bonchev–Trinajstić information content (AvgIpc) is 3.39. The molecule has 3 aliphatic rings. The van der Waals surface area contributed by atoms with Gasteiger partial charge >= 0.3 is 0 Å². The highest BCUT2D eigenvalue weighted by atomic mass is 16.2. The van der Waals surface area contributed by atoms with Gasteiger partial charge < -0.3 is 25.8 Å². The maximum Gasteiger partial charge on any atom is 0.270 e. The molecular formula is C21H31N5O3. The summed E-state index contributed by atoms with van der Waals surface area (Å²) in [6, 6.07) is 3.35. The molecule has 2 atom stereocenters. The van der Waals surface area contributed by atoms with Crippen molar-refractivity contribution in [2.75, 3.05) is 26.7 Å². The number of likely N-dealkylation sites (tertiary alicyclic amines) is 2. The van der Waals surface area contributed by atoms with Gasteiger partial charge in [0.1, 0.15) is 11.2 Å². The maximum atomic E-state index is 13.7. The molecule has 8 heteroatoms. The molecule has 2 aliphatic heterocycles. The number of carbonyl (C=O) groups is 3. The first-order valence-electron chi connectivity index (χ1n) is 10.6. The maximum absolute atomic E-state index is 13.7. The second-order valence-corrected chi connectivity index (χ2v) is 8.98. The number of likely N-dealkylation sites (N-methyl/N-ethyl adjacent to an activating group) is 1. The van der Waals surface area contributed by atoms with E-state index in [4.69, 9.17) is 5.73 Å². The molecule has 0 radical (unpaired) electrons. The van der Waals surface area contributed by atoms with Gasteiger partial charge in [0.15, 0.2) is 0 Å². The zero-order valence-electron chi connectivity index (χ0n) is 17.1. The summed E-state index contributed by atoms with van der Waals surface area (Å²) in [7, 11) is 2.02. The monoisotopic (exact) mass is 401 g/mol. The summed E-state index contributed by atoms with van der Waals surface area (Å²) in [4.78, 5) is 46.1. The molecule has 4 rings (SSSR count). The van der Waals surface area contributed by atoms with Crippen molar-refractivity contribution in [1.82, 2.24) is 20.1 Å². The van der Waals surface area contributed by atoms with E-state index in [1.807, 2.05) is 11.9 Å². The van der Waals surface area contributed by atoms with E-state index in [0.717, 1.165) is 32.2 Å². The lowest BCUT2D eigenvalue weighted by atomic mass is 9.67. The Morgan fingerprint density at radius 1 is 1.14 bits per heavy atom. The number of fused-ring (bicyclic) bond motifs is 1. The second kappa shape index (κ2) is 7.48. The van der Waals surface area contributed by atoms with Crippen molar-refractivity contribution in [2.45, 2.75) is 56.5 Å². The average molecular weight is 402 g/mol. The van der Waals surface area contributed by atoms with Crippen molar-refractivity contribution in [3.8, 4) is 0 Å². The zero-order valence-corrected chi connectivity index (χ0v) is 17.1. The van der Waals surface area contributed by atoms with Crippen molar-refractivity contribution in [1.29, 1.82) is 0 Å². The summed E-state index contributed by atoms with van der Waals surface area (Å²) in [5.41, 5.74) is 4.63. The zero-order chi connectivity index (χ0) is 20.6. The van der Waals surface area contributed by atoms with E-state index in [1.165, 1.54) is 0 Å². The van der Waals surface area contributed by atoms with E-state index >= 15 is 0 Å². The third kappa shape index (κ3) is 3.33. The van der Waals surface area contributed by atoms with Crippen LogP contribution in [0.3, 0.4) is 0 Å². The van der Waals surface area contributed by atoms with Crippen LogP contribution in [0, 0.1) is 5.41 Å². The number of carbonyl (C=O) groups excluding carboxylic acids is 3. The minimum Gasteiger partial charge on any atom is -0.368 e. The Labute approximate surface area is 171 Å². The standard InChI is InChI=1S/C21H31N5O3/c1-25-13-10-20(19(29)24-21(18(22)28)8-2-3-9-21)7-5-12-26(16(20)14-25)17(27)15-6-4-11-23-15/h4,6,11,16,23H,2-3,5,7-10,12-14H2,1H3,(H2,22,28)(H,24,29)/t16-,20+/m0/s1. The number of H-pyrrole nitrogens is 1. The van der Waals surface area contributed by atoms with Crippen LogP contribution in [0.15, 0.2) is 18.3 Å². The SMILES string of the molecule is CN1CC[C@]2(C(=O)NC3(C(N)=O)CCCC3)CCCN(C(=O)c3ccc[nH]3)[C@H]2C1. The molecule has 158 valence electrons. The number of nitrogens with zero attached hydrogens (tertiary/aromatic N) is 2. The van der Waals surface area contributed by atoms with Gasteiger partial charge in [-0.3, -0.25) is 14.4 Å². The van der Waals surface area contributed by atoms with Gasteiger partial charge in [-0.05, 0) is 57.8 Å². The molecule has 1 aromatic rings. The minimum atomic E-state index is -0.939. The molecule has 3 fully saturated rings. The fourth-order valence-corrected chi connectivity index (χ4v) is 5.52. The lowest BCUT2D eigenvalue weighted by molar-refractivity contribution is -0.147. The van der Waals surface area contributed by atoms with Gasteiger partial charge in [-0.15, -0.1) is 0 Å². The smallest absolute Gasteiger partial charge is 0.270 e. The summed E-state index contributed by atoms with van der Waals surface area (Å²) in [6.07, 6.45) is 6.87. The van der Waals surface area contributed by atoms with Crippen LogP contribution < -0.4 is 11.1 Å². The molecule has 29 heavy (non-hydrogen) atoms. The molecule has 0 unspecified atom stereocenters. The number of amides is 3. The Bertz CT molecular complexity index is 786. The molecule has 1 saturated carbocycles. The summed E-state index contributed by atoms with van der Waals surface area (Å²) in [5, 5.41) is 3.08. The number of nitrogens with two attached hydrogens (primary N) is 1. The number of piperidine rings is 2. The number of rotatable bonds is 4. The Morgan fingerprint density at radius 2 is 1.90 bits per heavy atom. The van der Waals surface area contributed by atoms with Crippen molar-refractivity contribution < 1.29 is 14.4 Å². The second-order valence-electron chi connectivity index (χ2n) is 8.98. The summed E-state index contributed by atoms with van der Waals surface area (Å²) < 4.78 is 0. The Hall–Kier alpha value is -2.35. The number of hydrogen-bond donors (Lipinski definition) is 3. The largest absolute Gasteiger partial charge is 0.368 e. The van der Waals surface area contributed by atoms with Gasteiger partial charge in [0.05, 0.1) is 11.5 Å². The molecule has 3 heterocycles. The van der Waals surface area contributed by atoms with Crippen molar-refractivity contribution in [3.05, 3.63) is 24.0 Å². The van der Waals surface area contributed by atoms with Gasteiger partial charge in [-0.2, -0.15) is 0 Å². The molecule has 0 aromatic carbocycles. The van der Waals surface area contributed by atoms with E-state index in [0.29, 0.717) is 38.0 Å².